The summed E-state index contributed by atoms with van der Waals surface area (Å²) < 4.78 is 6.99. The van der Waals surface area contributed by atoms with Gasteiger partial charge in [0, 0.05) is 26.7 Å². The van der Waals surface area contributed by atoms with Crippen LogP contribution >= 0.6 is 34.2 Å². The lowest BCUT2D eigenvalue weighted by atomic mass is 9.46. The van der Waals surface area contributed by atoms with Gasteiger partial charge in [-0.2, -0.15) is 0 Å². The number of ketones is 1. The van der Waals surface area contributed by atoms with Crippen molar-refractivity contribution in [3.05, 3.63) is 45.0 Å². The maximum atomic E-state index is 13.3. The molecule has 1 aromatic carbocycles. The summed E-state index contributed by atoms with van der Waals surface area (Å²) >= 11 is 9.73. The van der Waals surface area contributed by atoms with Gasteiger partial charge in [-0.05, 0) is 97.2 Å². The van der Waals surface area contributed by atoms with Crippen LogP contribution in [0.15, 0.2) is 35.9 Å². The molecule has 4 aliphatic rings. The second kappa shape index (κ2) is 8.30. The van der Waals surface area contributed by atoms with Crippen LogP contribution in [0.4, 0.5) is 0 Å². The Labute approximate surface area is 225 Å². The third-order valence-corrected chi connectivity index (χ3v) is 11.8. The van der Waals surface area contributed by atoms with Crippen LogP contribution < -0.4 is 0 Å². The molecule has 0 heterocycles. The Morgan fingerprint density at radius 1 is 1.14 bits per heavy atom. The summed E-state index contributed by atoms with van der Waals surface area (Å²) in [5.41, 5.74) is -1.10. The minimum Gasteiger partial charge on any atom is -0.478 e. The molecule has 4 aliphatic carbocycles. The van der Waals surface area contributed by atoms with E-state index in [0.29, 0.717) is 31.2 Å². The van der Waals surface area contributed by atoms with E-state index in [1.54, 1.807) is 18.2 Å². The Kier molecular flexibility index (Phi) is 5.99. The maximum absolute atomic E-state index is 13.3. The summed E-state index contributed by atoms with van der Waals surface area (Å²) in [7, 11) is 0. The molecule has 0 aromatic heterocycles. The van der Waals surface area contributed by atoms with Crippen molar-refractivity contribution in [2.45, 2.75) is 76.2 Å². The first-order chi connectivity index (χ1) is 16.4. The largest absolute Gasteiger partial charge is 0.478 e. The van der Waals surface area contributed by atoms with Crippen LogP contribution in [0.5, 0.6) is 0 Å². The number of fused-ring (bicyclic) bond motifs is 5. The van der Waals surface area contributed by atoms with Gasteiger partial charge in [0.05, 0.1) is 10.4 Å². The SMILES string of the molecule is C[C@@H]1C[C@H]2[C@@H]3CCC4=CC(=O)CC[C@]4(C)[C@@]3(Cl)CC[C@]2(C)[C@@]1(OC(=O)c1cccc(I)c1)C(=O)O. The number of carboxylic acid groups (broad SMARTS) is 1. The van der Waals surface area contributed by atoms with Gasteiger partial charge in [-0.3, -0.25) is 4.79 Å². The van der Waals surface area contributed by atoms with Crippen LogP contribution in [0.3, 0.4) is 0 Å². The zero-order valence-electron chi connectivity index (χ0n) is 20.4. The fourth-order valence-corrected chi connectivity index (χ4v) is 9.43. The summed E-state index contributed by atoms with van der Waals surface area (Å²) in [4.78, 5) is 38.0. The van der Waals surface area contributed by atoms with E-state index < -0.39 is 27.8 Å². The van der Waals surface area contributed by atoms with Gasteiger partial charge in [0.2, 0.25) is 5.60 Å². The Morgan fingerprint density at radius 2 is 1.89 bits per heavy atom. The molecule has 5 nitrogen and oxygen atoms in total. The van der Waals surface area contributed by atoms with Crippen molar-refractivity contribution in [3.8, 4) is 0 Å². The van der Waals surface area contributed by atoms with E-state index in [1.165, 1.54) is 0 Å². The van der Waals surface area contributed by atoms with Gasteiger partial charge in [-0.1, -0.05) is 32.4 Å². The first-order valence-corrected chi connectivity index (χ1v) is 14.0. The van der Waals surface area contributed by atoms with Gasteiger partial charge in [-0.15, -0.1) is 11.6 Å². The molecule has 0 radical (unpaired) electrons. The predicted molar refractivity (Wildman–Crippen MR) is 141 cm³/mol. The number of rotatable bonds is 3. The average Bonchev–Trinajstić information content (AvgIpc) is 3.02. The molecule has 7 heteroatoms. The lowest BCUT2D eigenvalue weighted by Gasteiger charge is -2.63. The molecule has 0 unspecified atom stereocenters. The van der Waals surface area contributed by atoms with Gasteiger partial charge in [-0.25, -0.2) is 9.59 Å². The zero-order valence-corrected chi connectivity index (χ0v) is 23.3. The highest BCUT2D eigenvalue weighted by Crippen LogP contribution is 2.72. The third kappa shape index (κ3) is 3.34. The fraction of sp³-hybridized carbons (Fsp3) is 0.607. The Bertz CT molecular complexity index is 1150. The summed E-state index contributed by atoms with van der Waals surface area (Å²) in [6.45, 7) is 6.11. The van der Waals surface area contributed by atoms with Gasteiger partial charge < -0.3 is 9.84 Å². The lowest BCUT2D eigenvalue weighted by Crippen LogP contribution is -2.64. The number of carbonyl (C=O) groups excluding carboxylic acids is 2. The number of esters is 1. The van der Waals surface area contributed by atoms with Crippen LogP contribution in [-0.4, -0.2) is 33.3 Å². The number of carbonyl (C=O) groups is 3. The molecule has 0 spiro atoms. The monoisotopic (exact) mass is 610 g/mol. The highest BCUT2D eigenvalue weighted by atomic mass is 127. The number of benzene rings is 1. The highest BCUT2D eigenvalue weighted by Gasteiger charge is 2.74. The molecule has 3 saturated carbocycles. The molecule has 1 N–H and O–H groups in total. The van der Waals surface area contributed by atoms with Crippen molar-refractivity contribution < 1.29 is 24.2 Å². The van der Waals surface area contributed by atoms with Gasteiger partial charge >= 0.3 is 11.9 Å². The first kappa shape index (κ1) is 25.2. The van der Waals surface area contributed by atoms with E-state index in [0.717, 1.165) is 28.4 Å². The minimum atomic E-state index is -1.62. The molecule has 1 aromatic rings. The van der Waals surface area contributed by atoms with E-state index in [9.17, 15) is 19.5 Å². The van der Waals surface area contributed by atoms with Crippen molar-refractivity contribution in [1.29, 1.82) is 0 Å². The van der Waals surface area contributed by atoms with Crippen molar-refractivity contribution in [2.24, 2.45) is 28.6 Å². The number of halogens is 2. The smallest absolute Gasteiger partial charge is 0.349 e. The molecular formula is C28H32ClIO5. The van der Waals surface area contributed by atoms with Crippen LogP contribution in [0, 0.1) is 32.2 Å². The van der Waals surface area contributed by atoms with Crippen LogP contribution in [0.1, 0.15) is 76.1 Å². The molecule has 0 amide bonds. The van der Waals surface area contributed by atoms with Crippen LogP contribution in [0.25, 0.3) is 0 Å². The second-order valence-electron chi connectivity index (χ2n) is 11.6. The van der Waals surface area contributed by atoms with E-state index >= 15 is 0 Å². The van der Waals surface area contributed by atoms with E-state index in [4.69, 9.17) is 16.3 Å². The van der Waals surface area contributed by atoms with Crippen molar-refractivity contribution in [2.75, 3.05) is 0 Å². The topological polar surface area (TPSA) is 80.7 Å². The van der Waals surface area contributed by atoms with E-state index in [1.807, 2.05) is 26.0 Å². The maximum Gasteiger partial charge on any atom is 0.349 e. The van der Waals surface area contributed by atoms with Crippen molar-refractivity contribution in [3.63, 3.8) is 0 Å². The number of ether oxygens (including phenoxy) is 1. The number of carboxylic acids is 1. The quantitative estimate of drug-likeness (QED) is 0.243. The number of alkyl halides is 1. The third-order valence-electron chi connectivity index (χ3n) is 10.2. The number of hydrogen-bond donors (Lipinski definition) is 1. The van der Waals surface area contributed by atoms with E-state index in [-0.39, 0.29) is 29.0 Å². The molecule has 188 valence electrons. The molecule has 0 aliphatic heterocycles. The molecule has 7 atom stereocenters. The van der Waals surface area contributed by atoms with Crippen LogP contribution in [0.2, 0.25) is 0 Å². The molecule has 35 heavy (non-hydrogen) atoms. The normalized spacial score (nSPS) is 42.4. The van der Waals surface area contributed by atoms with Gasteiger partial charge in [0.25, 0.3) is 0 Å². The first-order valence-electron chi connectivity index (χ1n) is 12.5. The molecule has 3 fully saturated rings. The standard InChI is InChI=1S/C28H32ClIO5/c1-16-13-22-21-8-7-18-15-20(31)9-10-25(18,2)27(21,29)12-11-26(22,3)28(16,24(33)34)35-23(32)17-5-4-6-19(30)14-17/h4-6,14-16,21-22H,7-13H2,1-3H3,(H,33,34)/t16-,21+,22+,25+,26+,27-,28+/m1/s1. The summed E-state index contributed by atoms with van der Waals surface area (Å²) in [5.74, 6) is -1.72. The summed E-state index contributed by atoms with van der Waals surface area (Å²) in [5, 5.41) is 10.7. The molecule has 0 saturated heterocycles. The Hall–Kier alpha value is -1.41. The highest BCUT2D eigenvalue weighted by molar-refractivity contribution is 14.1. The second-order valence-corrected chi connectivity index (χ2v) is 13.5. The predicted octanol–water partition coefficient (Wildman–Crippen LogP) is 6.41. The summed E-state index contributed by atoms with van der Waals surface area (Å²) in [6, 6.07) is 7.05. The van der Waals surface area contributed by atoms with Crippen molar-refractivity contribution >= 4 is 51.9 Å². The Morgan fingerprint density at radius 3 is 2.57 bits per heavy atom. The van der Waals surface area contributed by atoms with Gasteiger partial charge in [0.1, 0.15) is 0 Å². The fourth-order valence-electron chi connectivity index (χ4n) is 8.32. The lowest BCUT2D eigenvalue weighted by molar-refractivity contribution is -0.187. The summed E-state index contributed by atoms with van der Waals surface area (Å²) in [6.07, 6.45) is 6.54. The molecular weight excluding hydrogens is 579 g/mol. The van der Waals surface area contributed by atoms with Crippen molar-refractivity contribution in [1.82, 2.24) is 0 Å². The van der Waals surface area contributed by atoms with E-state index in [2.05, 4.69) is 29.5 Å². The number of aliphatic carboxylic acids is 1. The van der Waals surface area contributed by atoms with Gasteiger partial charge in [0.15, 0.2) is 5.78 Å². The number of allylic oxidation sites excluding steroid dienone is 1. The van der Waals surface area contributed by atoms with Crippen LogP contribution in [-0.2, 0) is 14.3 Å². The minimum absolute atomic E-state index is 0.0135. The molecule has 0 bridgehead atoms. The zero-order chi connectivity index (χ0) is 25.4. The number of hydrogen-bond acceptors (Lipinski definition) is 4. The molecule has 5 rings (SSSR count). The Balaban J connectivity index is 1.54. The average molecular weight is 611 g/mol.